The van der Waals surface area contributed by atoms with Gasteiger partial charge in [-0.05, 0) is 60.7 Å². The summed E-state index contributed by atoms with van der Waals surface area (Å²) in [6.07, 6.45) is 7.81. The van der Waals surface area contributed by atoms with Crippen LogP contribution in [0.1, 0.15) is 71.6 Å². The fourth-order valence-electron chi connectivity index (χ4n) is 7.47. The zero-order valence-electron chi connectivity index (χ0n) is 26.9. The number of aromatic nitrogens is 1. The van der Waals surface area contributed by atoms with E-state index in [1.165, 1.54) is 0 Å². The van der Waals surface area contributed by atoms with Crippen molar-refractivity contribution >= 4 is 45.7 Å². The van der Waals surface area contributed by atoms with E-state index in [0.717, 1.165) is 18.9 Å². The molecule has 1 atom stereocenters. The van der Waals surface area contributed by atoms with E-state index in [2.05, 4.69) is 4.98 Å². The molecule has 3 aromatic carbocycles. The Bertz CT molecular complexity index is 2380. The van der Waals surface area contributed by atoms with Crippen molar-refractivity contribution in [3.63, 3.8) is 0 Å². The Morgan fingerprint density at radius 2 is 1.51 bits per heavy atom. The molecular formula is C38H30N2O9. The van der Waals surface area contributed by atoms with Gasteiger partial charge in [-0.15, -0.1) is 0 Å². The van der Waals surface area contributed by atoms with Gasteiger partial charge in [-0.3, -0.25) is 24.0 Å². The average Bonchev–Trinajstić information content (AvgIpc) is 3.57. The van der Waals surface area contributed by atoms with Crippen LogP contribution in [-0.4, -0.2) is 64.6 Å². The quantitative estimate of drug-likeness (QED) is 0.128. The molecule has 0 unspecified atom stereocenters. The van der Waals surface area contributed by atoms with Crippen LogP contribution in [0.3, 0.4) is 0 Å². The van der Waals surface area contributed by atoms with Crippen molar-refractivity contribution in [2.45, 2.75) is 25.2 Å². The number of H-pyrrole nitrogens is 1. The van der Waals surface area contributed by atoms with E-state index < -0.39 is 79.4 Å². The number of aromatic amines is 1. The average molecular weight is 659 g/mol. The Kier molecular flexibility index (Phi) is 6.99. The molecule has 7 rings (SSSR count). The standard InChI is InChI=1S/C38H30N2O9/c1-5-6-7-8-18-15-21-24(17-9-11-19(12-10-17)40(2)3)20-13-14-38(30(20)34(45)25(21)37(48)39-18)35(46)28-29(36(38)47)33(44)27-26(32(28)43)22(41)16-23(49-4)31(27)42/h5-12,15-16,43-45H,13-14H2,1-4H3,(H,39,48)/b6-5+,8-7+/t38-/m0/s1. The van der Waals surface area contributed by atoms with E-state index in [1.807, 2.05) is 56.3 Å². The number of pyridine rings is 1. The number of benzene rings is 3. The van der Waals surface area contributed by atoms with Crippen molar-refractivity contribution in [3.8, 4) is 28.4 Å². The lowest BCUT2D eigenvalue weighted by molar-refractivity contribution is 0.0790. The minimum Gasteiger partial charge on any atom is -0.507 e. The van der Waals surface area contributed by atoms with Crippen molar-refractivity contribution in [3.05, 3.63) is 110 Å². The smallest absolute Gasteiger partial charge is 0.260 e. The zero-order chi connectivity index (χ0) is 35.1. The molecule has 0 radical (unpaired) electrons. The molecule has 11 heteroatoms. The largest absolute Gasteiger partial charge is 0.507 e. The van der Waals surface area contributed by atoms with Gasteiger partial charge in [0.25, 0.3) is 5.56 Å². The molecule has 0 saturated carbocycles. The number of allylic oxidation sites excluding steroid dienone is 5. The normalized spacial score (nSPS) is 18.2. The van der Waals surface area contributed by atoms with Gasteiger partial charge in [0, 0.05) is 42.5 Å². The number of nitrogens with zero attached hydrogens (tertiary/aromatic N) is 1. The van der Waals surface area contributed by atoms with Crippen LogP contribution in [0.4, 0.5) is 5.69 Å². The number of fused-ring (bicyclic) bond motifs is 5. The first-order valence-electron chi connectivity index (χ1n) is 15.5. The number of hydrogen-bond acceptors (Lipinski definition) is 10. The third kappa shape index (κ3) is 4.11. The summed E-state index contributed by atoms with van der Waals surface area (Å²) in [6.45, 7) is 1.85. The Hall–Kier alpha value is -6.23. The fraction of sp³-hybridized carbons (Fsp3) is 0.184. The number of ether oxygens (including phenoxy) is 1. The number of phenolic OH excluding ortho intramolecular Hbond substituents is 3. The summed E-state index contributed by atoms with van der Waals surface area (Å²) in [5, 5.41) is 35.0. The van der Waals surface area contributed by atoms with Gasteiger partial charge >= 0.3 is 0 Å². The van der Waals surface area contributed by atoms with Crippen molar-refractivity contribution < 1.29 is 39.2 Å². The Morgan fingerprint density at radius 1 is 0.857 bits per heavy atom. The highest BCUT2D eigenvalue weighted by Crippen LogP contribution is 2.59. The number of ketones is 4. The van der Waals surface area contributed by atoms with Crippen LogP contribution in [0.15, 0.2) is 65.2 Å². The maximum Gasteiger partial charge on any atom is 0.260 e. The first-order valence-corrected chi connectivity index (χ1v) is 15.5. The first kappa shape index (κ1) is 31.4. The summed E-state index contributed by atoms with van der Waals surface area (Å²) in [5.41, 5.74) is -2.54. The molecule has 4 aromatic rings. The number of anilines is 1. The minimum atomic E-state index is -2.17. The number of methoxy groups -OCH3 is 1. The van der Waals surface area contributed by atoms with E-state index >= 15 is 0 Å². The summed E-state index contributed by atoms with van der Waals surface area (Å²) in [6, 6.07) is 9.17. The summed E-state index contributed by atoms with van der Waals surface area (Å²) < 4.78 is 4.98. The third-order valence-corrected chi connectivity index (χ3v) is 9.69. The second-order valence-electron chi connectivity index (χ2n) is 12.4. The van der Waals surface area contributed by atoms with E-state index in [4.69, 9.17) is 4.74 Å². The zero-order valence-corrected chi connectivity index (χ0v) is 26.9. The molecule has 49 heavy (non-hydrogen) atoms. The van der Waals surface area contributed by atoms with Gasteiger partial charge in [-0.25, -0.2) is 0 Å². The van der Waals surface area contributed by atoms with Crippen LogP contribution in [0.2, 0.25) is 0 Å². The second kappa shape index (κ2) is 10.9. The predicted octanol–water partition coefficient (Wildman–Crippen LogP) is 5.14. The van der Waals surface area contributed by atoms with Crippen LogP contribution in [0, 0.1) is 0 Å². The van der Waals surface area contributed by atoms with Crippen LogP contribution in [0.25, 0.3) is 28.0 Å². The molecule has 3 aliphatic carbocycles. The van der Waals surface area contributed by atoms with E-state index in [0.29, 0.717) is 27.8 Å². The molecule has 0 bridgehead atoms. The molecule has 0 saturated heterocycles. The van der Waals surface area contributed by atoms with Crippen LogP contribution in [-0.2, 0) is 16.6 Å². The number of rotatable bonds is 5. The summed E-state index contributed by atoms with van der Waals surface area (Å²) >= 11 is 0. The van der Waals surface area contributed by atoms with Crippen LogP contribution >= 0.6 is 0 Å². The highest BCUT2D eigenvalue weighted by atomic mass is 16.5. The lowest BCUT2D eigenvalue weighted by Gasteiger charge is -2.24. The molecule has 1 aromatic heterocycles. The molecule has 4 N–H and O–H groups in total. The minimum absolute atomic E-state index is 0.0973. The van der Waals surface area contributed by atoms with Gasteiger partial charge in [0.05, 0.1) is 34.7 Å². The van der Waals surface area contributed by atoms with Gasteiger partial charge in [-0.2, -0.15) is 0 Å². The summed E-state index contributed by atoms with van der Waals surface area (Å²) in [4.78, 5) is 73.8. The van der Waals surface area contributed by atoms with Crippen LogP contribution in [0.5, 0.6) is 17.2 Å². The maximum atomic E-state index is 14.6. The highest BCUT2D eigenvalue weighted by molar-refractivity contribution is 6.39. The molecule has 1 spiro atoms. The van der Waals surface area contributed by atoms with Gasteiger partial charge in [0.1, 0.15) is 22.7 Å². The monoisotopic (exact) mass is 658 g/mol. The number of nitrogens with one attached hydrogen (secondary N) is 1. The maximum absolute atomic E-state index is 14.6. The first-order chi connectivity index (χ1) is 23.4. The SMILES string of the molecule is C/C=C/C=C/c1cc2c(-c3ccc(N(C)C)cc3)c3c(c(O)c2c(=O)[nH]1)[C@@]1(CC3)C(=O)c2c(O)c3c(c(O)c2C1=O)C(=O)C(OC)=CC3=O. The molecular weight excluding hydrogens is 628 g/mol. The van der Waals surface area contributed by atoms with Gasteiger partial charge in [0.2, 0.25) is 5.78 Å². The summed E-state index contributed by atoms with van der Waals surface area (Å²) in [7, 11) is 4.92. The van der Waals surface area contributed by atoms with Crippen LogP contribution < -0.4 is 10.5 Å². The molecule has 0 fully saturated rings. The van der Waals surface area contributed by atoms with Gasteiger partial charge in [0.15, 0.2) is 23.1 Å². The molecule has 11 nitrogen and oxygen atoms in total. The van der Waals surface area contributed by atoms with Crippen molar-refractivity contribution in [1.82, 2.24) is 4.98 Å². The Labute approximate surface area is 279 Å². The van der Waals surface area contributed by atoms with Crippen molar-refractivity contribution in [2.24, 2.45) is 0 Å². The number of aromatic hydroxyl groups is 3. The van der Waals surface area contributed by atoms with E-state index in [1.54, 1.807) is 24.3 Å². The van der Waals surface area contributed by atoms with Crippen molar-refractivity contribution in [1.29, 1.82) is 0 Å². The van der Waals surface area contributed by atoms with Gasteiger partial charge < -0.3 is 29.9 Å². The highest BCUT2D eigenvalue weighted by Gasteiger charge is 2.62. The topological polar surface area (TPSA) is 174 Å². The number of hydrogen-bond donors (Lipinski definition) is 4. The van der Waals surface area contributed by atoms with Crippen molar-refractivity contribution in [2.75, 3.05) is 26.1 Å². The molecule has 246 valence electrons. The molecule has 3 aliphatic rings. The lowest BCUT2D eigenvalue weighted by Crippen LogP contribution is -2.36. The number of carbonyl (C=O) groups excluding carboxylic acids is 4. The molecule has 0 aliphatic heterocycles. The van der Waals surface area contributed by atoms with E-state index in [-0.39, 0.29) is 23.8 Å². The fourth-order valence-corrected chi connectivity index (χ4v) is 7.47. The Morgan fingerprint density at radius 3 is 2.12 bits per heavy atom. The number of carbonyl (C=O) groups is 4. The lowest BCUT2D eigenvalue weighted by atomic mass is 9.75. The van der Waals surface area contributed by atoms with Gasteiger partial charge in [-0.1, -0.05) is 30.4 Å². The molecule has 0 amide bonds. The Balaban J connectivity index is 1.54. The molecule has 1 heterocycles. The summed E-state index contributed by atoms with van der Waals surface area (Å²) in [5.74, 6) is -6.67. The van der Waals surface area contributed by atoms with E-state index in [9.17, 15) is 39.3 Å². The third-order valence-electron chi connectivity index (χ3n) is 9.69. The number of Topliss-reactive ketones (excluding diaryl/α,β-unsaturated/α-hetero) is 3. The second-order valence-corrected chi connectivity index (χ2v) is 12.4. The predicted molar refractivity (Wildman–Crippen MR) is 182 cm³/mol. The number of phenols is 3.